The van der Waals surface area contributed by atoms with E-state index in [1.807, 2.05) is 48.9 Å². The molecule has 0 saturated heterocycles. The monoisotopic (exact) mass is 463 g/mol. The summed E-state index contributed by atoms with van der Waals surface area (Å²) in [6, 6.07) is 10.3. The van der Waals surface area contributed by atoms with E-state index in [-0.39, 0.29) is 17.9 Å². The second-order valence-electron chi connectivity index (χ2n) is 10.1. The number of carbonyl (C=O) groups excluding carboxylic acids is 2. The maximum Gasteiger partial charge on any atom is 0.275 e. The van der Waals surface area contributed by atoms with Crippen LogP contribution in [0.25, 0.3) is 10.2 Å². The second kappa shape index (κ2) is 8.64. The van der Waals surface area contributed by atoms with Crippen molar-refractivity contribution >= 4 is 39.1 Å². The molecule has 6 heteroatoms. The molecular weight excluding hydrogens is 430 g/mol. The summed E-state index contributed by atoms with van der Waals surface area (Å²) in [5.41, 5.74) is 3.65. The number of rotatable bonds is 3. The van der Waals surface area contributed by atoms with E-state index in [9.17, 15) is 9.59 Å². The molecule has 2 aromatic heterocycles. The van der Waals surface area contributed by atoms with Gasteiger partial charge in [-0.2, -0.15) is 0 Å². The summed E-state index contributed by atoms with van der Waals surface area (Å²) in [6.45, 7) is 6.45. The van der Waals surface area contributed by atoms with Crippen LogP contribution in [0.5, 0.6) is 0 Å². The van der Waals surface area contributed by atoms with Gasteiger partial charge in [-0.3, -0.25) is 14.5 Å². The highest BCUT2D eigenvalue weighted by molar-refractivity contribution is 7.17. The van der Waals surface area contributed by atoms with Crippen molar-refractivity contribution < 1.29 is 9.59 Å². The largest absolute Gasteiger partial charge is 0.351 e. The zero-order chi connectivity index (χ0) is 23.2. The third-order valence-electron chi connectivity index (χ3n) is 7.30. The molecule has 2 aliphatic rings. The average Bonchev–Trinajstić information content (AvgIpc) is 3.31. The third kappa shape index (κ3) is 3.99. The van der Waals surface area contributed by atoms with Crippen LogP contribution < -0.4 is 10.2 Å². The van der Waals surface area contributed by atoms with Gasteiger partial charge in [-0.1, -0.05) is 38.2 Å². The summed E-state index contributed by atoms with van der Waals surface area (Å²) in [7, 11) is 0. The Hall–Kier alpha value is -2.60. The van der Waals surface area contributed by atoms with Gasteiger partial charge in [-0.15, -0.1) is 11.3 Å². The minimum atomic E-state index is -1.01. The van der Waals surface area contributed by atoms with E-state index in [4.69, 9.17) is 0 Å². The molecular formula is C27H33N3O2S. The molecule has 1 aromatic carbocycles. The number of anilines is 1. The van der Waals surface area contributed by atoms with Crippen molar-refractivity contribution in [2.45, 2.75) is 83.8 Å². The van der Waals surface area contributed by atoms with E-state index in [1.165, 1.54) is 19.3 Å². The van der Waals surface area contributed by atoms with Crippen LogP contribution in [-0.2, 0) is 11.3 Å². The van der Waals surface area contributed by atoms with Crippen LogP contribution in [0, 0.1) is 13.8 Å². The number of nitrogens with zero attached hydrogens (tertiary/aromatic N) is 2. The number of nitrogens with one attached hydrogen (secondary N) is 1. The van der Waals surface area contributed by atoms with Gasteiger partial charge in [0.2, 0.25) is 5.91 Å². The number of carbonyl (C=O) groups is 2. The molecule has 3 aromatic rings. The Kier molecular flexibility index (Phi) is 5.81. The highest BCUT2D eigenvalue weighted by atomic mass is 32.1. The van der Waals surface area contributed by atoms with Gasteiger partial charge in [0.25, 0.3) is 5.91 Å². The highest BCUT2D eigenvalue weighted by Gasteiger charge is 2.49. The maximum absolute atomic E-state index is 14.0. The molecule has 0 unspecified atom stereocenters. The Bertz CT molecular complexity index is 1180. The van der Waals surface area contributed by atoms with E-state index >= 15 is 0 Å². The summed E-state index contributed by atoms with van der Waals surface area (Å²) in [5, 5.41) is 5.41. The van der Waals surface area contributed by atoms with Crippen molar-refractivity contribution in [3.8, 4) is 0 Å². The molecule has 174 valence electrons. The summed E-state index contributed by atoms with van der Waals surface area (Å²) >= 11 is 1.63. The molecule has 33 heavy (non-hydrogen) atoms. The lowest BCUT2D eigenvalue weighted by Crippen LogP contribution is -2.65. The van der Waals surface area contributed by atoms with E-state index in [0.717, 1.165) is 52.7 Å². The Morgan fingerprint density at radius 3 is 2.39 bits per heavy atom. The van der Waals surface area contributed by atoms with Gasteiger partial charge in [0.1, 0.15) is 11.2 Å². The van der Waals surface area contributed by atoms with Gasteiger partial charge in [0.05, 0.1) is 16.8 Å². The lowest BCUT2D eigenvalue weighted by molar-refractivity contribution is -0.127. The number of amides is 2. The van der Waals surface area contributed by atoms with Crippen molar-refractivity contribution in [3.05, 3.63) is 52.5 Å². The zero-order valence-corrected chi connectivity index (χ0v) is 20.6. The van der Waals surface area contributed by atoms with Crippen molar-refractivity contribution in [1.29, 1.82) is 0 Å². The summed E-state index contributed by atoms with van der Waals surface area (Å²) in [5.74, 6) is -0.159. The van der Waals surface area contributed by atoms with Gasteiger partial charge in [0.15, 0.2) is 0 Å². The quantitative estimate of drug-likeness (QED) is 0.520. The van der Waals surface area contributed by atoms with Crippen LogP contribution in [0.3, 0.4) is 0 Å². The highest BCUT2D eigenvalue weighted by Crippen LogP contribution is 2.38. The lowest BCUT2D eigenvalue weighted by atomic mass is 9.91. The van der Waals surface area contributed by atoms with Gasteiger partial charge in [-0.05, 0) is 74.4 Å². The number of benzene rings is 1. The zero-order valence-electron chi connectivity index (χ0n) is 19.8. The summed E-state index contributed by atoms with van der Waals surface area (Å²) in [6.07, 6.45) is 8.10. The average molecular weight is 464 g/mol. The van der Waals surface area contributed by atoms with Crippen molar-refractivity contribution in [2.24, 2.45) is 0 Å². The van der Waals surface area contributed by atoms with Gasteiger partial charge in [-0.25, -0.2) is 0 Å². The fourth-order valence-corrected chi connectivity index (χ4v) is 6.46. The molecule has 5 nitrogen and oxygen atoms in total. The van der Waals surface area contributed by atoms with E-state index in [1.54, 1.807) is 16.2 Å². The molecule has 1 aliphatic heterocycles. The van der Waals surface area contributed by atoms with Crippen molar-refractivity contribution in [2.75, 3.05) is 4.90 Å². The first-order valence-corrected chi connectivity index (χ1v) is 13.1. The first kappa shape index (κ1) is 22.2. The molecule has 1 N–H and O–H groups in total. The Labute approximate surface area is 199 Å². The Morgan fingerprint density at radius 1 is 1.03 bits per heavy atom. The fourth-order valence-electron chi connectivity index (χ4n) is 5.64. The van der Waals surface area contributed by atoms with Crippen LogP contribution in [0.2, 0.25) is 0 Å². The Balaban J connectivity index is 1.57. The predicted octanol–water partition coefficient (Wildman–Crippen LogP) is 5.97. The van der Waals surface area contributed by atoms with E-state index in [2.05, 4.69) is 17.4 Å². The number of fused-ring (bicyclic) bond motifs is 3. The van der Waals surface area contributed by atoms with Gasteiger partial charge in [0, 0.05) is 11.7 Å². The molecule has 3 heterocycles. The fraction of sp³-hybridized carbons (Fsp3) is 0.481. The molecule has 0 spiro atoms. The molecule has 1 fully saturated rings. The van der Waals surface area contributed by atoms with Crippen LogP contribution >= 0.6 is 11.3 Å². The standard InChI is InChI=1S/C27H33N3O2S/c1-18-13-19(2)15-21(14-18)30-25(31)23-16-24-22(11-12-33-24)29(23)17-27(30,3)26(32)28-20-9-7-5-4-6-8-10-20/h11-16,20H,4-10,17H2,1-3H3,(H,28,32)/t27-/m0/s1. The van der Waals surface area contributed by atoms with Crippen LogP contribution in [-0.4, -0.2) is 28.0 Å². The normalized spacial score (nSPS) is 22.2. The van der Waals surface area contributed by atoms with Crippen LogP contribution in [0.15, 0.2) is 35.7 Å². The molecule has 2 amide bonds. The first-order valence-electron chi connectivity index (χ1n) is 12.2. The molecule has 0 radical (unpaired) electrons. The molecule has 5 rings (SSSR count). The van der Waals surface area contributed by atoms with Gasteiger partial charge >= 0.3 is 0 Å². The summed E-state index contributed by atoms with van der Waals surface area (Å²) in [4.78, 5) is 29.7. The topological polar surface area (TPSA) is 54.3 Å². The van der Waals surface area contributed by atoms with Crippen LogP contribution in [0.4, 0.5) is 5.69 Å². The van der Waals surface area contributed by atoms with Gasteiger partial charge < -0.3 is 9.88 Å². The number of aromatic nitrogens is 1. The lowest BCUT2D eigenvalue weighted by Gasteiger charge is -2.44. The SMILES string of the molecule is Cc1cc(C)cc(N2C(=O)c3cc4sccc4n3C[C@@]2(C)C(=O)NC2CCCCCCC2)c1. The smallest absolute Gasteiger partial charge is 0.275 e. The minimum absolute atomic E-state index is 0.0525. The Morgan fingerprint density at radius 2 is 1.70 bits per heavy atom. The van der Waals surface area contributed by atoms with Crippen molar-refractivity contribution in [3.63, 3.8) is 0 Å². The molecule has 1 atom stereocenters. The molecule has 1 aliphatic carbocycles. The van der Waals surface area contributed by atoms with E-state index < -0.39 is 5.54 Å². The number of hydrogen-bond acceptors (Lipinski definition) is 3. The first-order chi connectivity index (χ1) is 15.9. The van der Waals surface area contributed by atoms with E-state index in [0.29, 0.717) is 12.2 Å². The second-order valence-corrected chi connectivity index (χ2v) is 11.0. The minimum Gasteiger partial charge on any atom is -0.351 e. The molecule has 1 saturated carbocycles. The number of thiophene rings is 1. The number of hydrogen-bond donors (Lipinski definition) is 1. The number of aryl methyl sites for hydroxylation is 2. The third-order valence-corrected chi connectivity index (χ3v) is 8.15. The predicted molar refractivity (Wildman–Crippen MR) is 135 cm³/mol. The van der Waals surface area contributed by atoms with Crippen molar-refractivity contribution in [1.82, 2.24) is 9.88 Å². The van der Waals surface area contributed by atoms with Crippen LogP contribution in [0.1, 0.15) is 73.5 Å². The molecule has 0 bridgehead atoms. The maximum atomic E-state index is 14.0. The summed E-state index contributed by atoms with van der Waals surface area (Å²) < 4.78 is 3.13.